The Bertz CT molecular complexity index is 1190. The maximum absolute atomic E-state index is 13.5. The Labute approximate surface area is 192 Å². The lowest BCUT2D eigenvalue weighted by atomic mass is 10.0. The molecule has 1 N–H and O–H groups in total. The van der Waals surface area contributed by atoms with Gasteiger partial charge in [-0.2, -0.15) is 5.10 Å². The third-order valence-electron chi connectivity index (χ3n) is 5.39. The predicted octanol–water partition coefficient (Wildman–Crippen LogP) is 4.51. The van der Waals surface area contributed by atoms with Gasteiger partial charge in [-0.15, -0.1) is 0 Å². The highest BCUT2D eigenvalue weighted by atomic mass is 19.1. The number of nitrogens with one attached hydrogen (secondary N) is 1. The first kappa shape index (κ1) is 22.2. The van der Waals surface area contributed by atoms with Crippen molar-refractivity contribution in [2.75, 3.05) is 13.7 Å². The van der Waals surface area contributed by atoms with Crippen LogP contribution in [0.2, 0.25) is 0 Å². The number of halogens is 1. The van der Waals surface area contributed by atoms with Gasteiger partial charge in [-0.3, -0.25) is 14.5 Å². The van der Waals surface area contributed by atoms with Crippen molar-refractivity contribution in [3.8, 4) is 28.1 Å². The summed E-state index contributed by atoms with van der Waals surface area (Å²) in [4.78, 5) is 16.4. The van der Waals surface area contributed by atoms with Gasteiger partial charge < -0.3 is 10.1 Å². The molecule has 4 aromatic rings. The number of aryl methyl sites for hydroxylation is 1. The highest BCUT2D eigenvalue weighted by Gasteiger charge is 2.15. The van der Waals surface area contributed by atoms with Crippen LogP contribution >= 0.6 is 0 Å². The van der Waals surface area contributed by atoms with Crippen molar-refractivity contribution in [1.29, 1.82) is 0 Å². The Morgan fingerprint density at radius 2 is 1.73 bits per heavy atom. The third kappa shape index (κ3) is 5.63. The molecule has 2 heterocycles. The summed E-state index contributed by atoms with van der Waals surface area (Å²) in [6.07, 6.45) is 6.30. The van der Waals surface area contributed by atoms with Crippen LogP contribution in [0.25, 0.3) is 22.4 Å². The molecule has 0 atom stereocenters. The normalized spacial score (nSPS) is 10.7. The molecule has 0 aliphatic rings. The zero-order valence-corrected chi connectivity index (χ0v) is 18.4. The number of nitrogens with zero attached hydrogens (tertiary/aromatic N) is 3. The number of rotatable bonds is 9. The lowest BCUT2D eigenvalue weighted by molar-refractivity contribution is -0.121. The summed E-state index contributed by atoms with van der Waals surface area (Å²) in [5, 5.41) is 7.50. The smallest absolute Gasteiger partial charge is 0.220 e. The molecule has 0 fully saturated rings. The molecule has 4 rings (SSSR count). The van der Waals surface area contributed by atoms with Gasteiger partial charge in [0.1, 0.15) is 11.6 Å². The van der Waals surface area contributed by atoms with E-state index in [9.17, 15) is 9.18 Å². The van der Waals surface area contributed by atoms with E-state index in [1.165, 1.54) is 12.1 Å². The molecular formula is C26H25FN4O2. The lowest BCUT2D eigenvalue weighted by Gasteiger charge is -2.11. The van der Waals surface area contributed by atoms with Crippen LogP contribution in [0, 0.1) is 5.82 Å². The molecule has 0 spiro atoms. The number of pyridine rings is 1. The predicted molar refractivity (Wildman–Crippen MR) is 125 cm³/mol. The van der Waals surface area contributed by atoms with E-state index in [2.05, 4.69) is 15.4 Å². The number of hydrogen-bond donors (Lipinski definition) is 1. The molecule has 1 amide bonds. The van der Waals surface area contributed by atoms with E-state index in [1.807, 2.05) is 41.1 Å². The van der Waals surface area contributed by atoms with E-state index >= 15 is 0 Å². The van der Waals surface area contributed by atoms with Crippen LogP contribution < -0.4 is 10.1 Å². The van der Waals surface area contributed by atoms with Crippen LogP contribution in [0.3, 0.4) is 0 Å². The number of carbonyl (C=O) groups is 1. The van der Waals surface area contributed by atoms with Crippen molar-refractivity contribution >= 4 is 5.91 Å². The second-order valence-electron chi connectivity index (χ2n) is 7.57. The van der Waals surface area contributed by atoms with E-state index in [-0.39, 0.29) is 11.7 Å². The third-order valence-corrected chi connectivity index (χ3v) is 5.39. The van der Waals surface area contributed by atoms with Gasteiger partial charge in [0.15, 0.2) is 0 Å². The Morgan fingerprint density at radius 1 is 1.00 bits per heavy atom. The maximum Gasteiger partial charge on any atom is 0.220 e. The fourth-order valence-corrected chi connectivity index (χ4v) is 3.65. The molecule has 0 aliphatic heterocycles. The quantitative estimate of drug-likeness (QED) is 0.412. The molecule has 0 saturated heterocycles. The van der Waals surface area contributed by atoms with E-state index < -0.39 is 0 Å². The number of ether oxygens (including phenoxy) is 1. The number of aromatic nitrogens is 3. The summed E-state index contributed by atoms with van der Waals surface area (Å²) >= 11 is 0. The largest absolute Gasteiger partial charge is 0.497 e. The molecule has 0 radical (unpaired) electrons. The Morgan fingerprint density at radius 3 is 2.42 bits per heavy atom. The van der Waals surface area contributed by atoms with E-state index in [0.29, 0.717) is 25.9 Å². The number of benzene rings is 2. The molecule has 0 bridgehead atoms. The molecule has 2 aromatic heterocycles. The minimum absolute atomic E-state index is 0.0179. The van der Waals surface area contributed by atoms with E-state index in [4.69, 9.17) is 4.74 Å². The molecule has 2 aromatic carbocycles. The van der Waals surface area contributed by atoms with Crippen LogP contribution in [-0.4, -0.2) is 34.3 Å². The fourth-order valence-electron chi connectivity index (χ4n) is 3.65. The summed E-state index contributed by atoms with van der Waals surface area (Å²) < 4.78 is 20.5. The topological polar surface area (TPSA) is 69.0 Å². The van der Waals surface area contributed by atoms with E-state index in [0.717, 1.165) is 33.7 Å². The van der Waals surface area contributed by atoms with Gasteiger partial charge in [0.25, 0.3) is 0 Å². The summed E-state index contributed by atoms with van der Waals surface area (Å²) in [5.74, 6) is 0.487. The molecule has 0 unspecified atom stereocenters. The van der Waals surface area contributed by atoms with Crippen molar-refractivity contribution < 1.29 is 13.9 Å². The Kier molecular flexibility index (Phi) is 7.09. The van der Waals surface area contributed by atoms with Gasteiger partial charge in [0.2, 0.25) is 5.91 Å². The van der Waals surface area contributed by atoms with Crippen molar-refractivity contribution in [3.63, 3.8) is 0 Å². The van der Waals surface area contributed by atoms with Gasteiger partial charge in [-0.1, -0.05) is 12.1 Å². The summed E-state index contributed by atoms with van der Waals surface area (Å²) in [6.45, 7) is 0.930. The van der Waals surface area contributed by atoms with Crippen LogP contribution in [0.5, 0.6) is 5.75 Å². The van der Waals surface area contributed by atoms with Crippen molar-refractivity contribution in [2.24, 2.45) is 0 Å². The van der Waals surface area contributed by atoms with Crippen LogP contribution in [0.15, 0.2) is 79.3 Å². The molecule has 0 saturated carbocycles. The highest BCUT2D eigenvalue weighted by Crippen LogP contribution is 2.31. The standard InChI is InChI=1S/C26H25FN4O2/c1-33-23-9-2-19(3-10-23)4-11-25(32)29-16-17-31-26(21-5-7-22(27)8-6-21)24(18-30-31)20-12-14-28-15-13-20/h2-3,5-10,12-15,18H,4,11,16-17H2,1H3,(H,29,32). The van der Waals surface area contributed by atoms with Crippen molar-refractivity contribution in [3.05, 3.63) is 90.6 Å². The van der Waals surface area contributed by atoms with Crippen molar-refractivity contribution in [2.45, 2.75) is 19.4 Å². The zero-order valence-electron chi connectivity index (χ0n) is 18.4. The summed E-state index contributed by atoms with van der Waals surface area (Å²) in [7, 11) is 1.63. The average molecular weight is 445 g/mol. The highest BCUT2D eigenvalue weighted by molar-refractivity contribution is 5.80. The minimum Gasteiger partial charge on any atom is -0.497 e. The van der Waals surface area contributed by atoms with Crippen LogP contribution in [0.4, 0.5) is 4.39 Å². The van der Waals surface area contributed by atoms with Gasteiger partial charge in [-0.25, -0.2) is 4.39 Å². The molecule has 6 nitrogen and oxygen atoms in total. The first-order valence-electron chi connectivity index (χ1n) is 10.8. The van der Waals surface area contributed by atoms with Crippen molar-refractivity contribution in [1.82, 2.24) is 20.1 Å². The fraction of sp³-hybridized carbons (Fsp3) is 0.192. The van der Waals surface area contributed by atoms with Crippen LogP contribution in [-0.2, 0) is 17.8 Å². The molecule has 33 heavy (non-hydrogen) atoms. The lowest BCUT2D eigenvalue weighted by Crippen LogP contribution is -2.27. The first-order valence-corrected chi connectivity index (χ1v) is 10.8. The first-order chi connectivity index (χ1) is 16.1. The SMILES string of the molecule is COc1ccc(CCC(=O)NCCn2ncc(-c3ccncc3)c2-c2ccc(F)cc2)cc1. The van der Waals surface area contributed by atoms with Gasteiger partial charge >= 0.3 is 0 Å². The van der Waals surface area contributed by atoms with Gasteiger partial charge in [-0.05, 0) is 66.1 Å². The molecular weight excluding hydrogens is 419 g/mol. The minimum atomic E-state index is -0.292. The summed E-state index contributed by atoms with van der Waals surface area (Å²) in [6, 6.07) is 17.9. The van der Waals surface area contributed by atoms with Gasteiger partial charge in [0, 0.05) is 36.5 Å². The second-order valence-corrected chi connectivity index (χ2v) is 7.57. The number of carbonyl (C=O) groups excluding carboxylic acids is 1. The number of methoxy groups -OCH3 is 1. The van der Waals surface area contributed by atoms with Crippen LogP contribution in [0.1, 0.15) is 12.0 Å². The molecule has 168 valence electrons. The Hall–Kier alpha value is -4.00. The summed E-state index contributed by atoms with van der Waals surface area (Å²) in [5.41, 5.74) is 4.70. The Balaban J connectivity index is 1.41. The maximum atomic E-state index is 13.5. The monoisotopic (exact) mass is 444 g/mol. The second kappa shape index (κ2) is 10.5. The zero-order chi connectivity index (χ0) is 23.0. The average Bonchev–Trinajstić information content (AvgIpc) is 3.28. The van der Waals surface area contributed by atoms with E-state index in [1.54, 1.807) is 37.8 Å². The number of amides is 1. The molecule has 0 aliphatic carbocycles. The molecule has 7 heteroatoms. The van der Waals surface area contributed by atoms with Gasteiger partial charge in [0.05, 0.1) is 25.5 Å². The number of hydrogen-bond acceptors (Lipinski definition) is 4.